The summed E-state index contributed by atoms with van der Waals surface area (Å²) in [6.07, 6.45) is -0.763. The summed E-state index contributed by atoms with van der Waals surface area (Å²) < 4.78 is 70.9. The Bertz CT molecular complexity index is 1390. The van der Waals surface area contributed by atoms with E-state index in [1.54, 1.807) is 45.0 Å². The van der Waals surface area contributed by atoms with Crippen LogP contribution in [0.2, 0.25) is 0 Å². The highest BCUT2D eigenvalue weighted by atomic mass is 16.3. The van der Waals surface area contributed by atoms with E-state index in [9.17, 15) is 0 Å². The largest absolute Gasteiger partial charge is 0.455 e. The molecule has 0 atom stereocenters. The van der Waals surface area contributed by atoms with Gasteiger partial charge in [-0.1, -0.05) is 51.1 Å². The molecule has 4 aromatic rings. The van der Waals surface area contributed by atoms with Gasteiger partial charge in [0.25, 0.3) is 0 Å². The van der Waals surface area contributed by atoms with Crippen LogP contribution in [0.5, 0.6) is 0 Å². The standard InChI is InChI=1S/C24H25NO/c1-15-8-6-9-18-19-10-7-11-20(23(19)26-22(15)18)21-12-17(13-24(3,4)5)16(2)14-25-21/h6-12,14H,13H2,1-5H3/i1D3,2D3,13D2. The second kappa shape index (κ2) is 5.98. The smallest absolute Gasteiger partial charge is 0.144 e. The molecule has 4 rings (SSSR count). The fraction of sp³-hybridized carbons (Fsp3) is 0.292. The Kier molecular flexibility index (Phi) is 2.28. The zero-order chi connectivity index (χ0) is 25.3. The van der Waals surface area contributed by atoms with Crippen LogP contribution in [0.1, 0.15) is 48.4 Å². The fourth-order valence-corrected chi connectivity index (χ4v) is 3.13. The minimum absolute atomic E-state index is 0.0429. The molecule has 2 aromatic heterocycles. The van der Waals surface area contributed by atoms with Crippen molar-refractivity contribution < 1.29 is 15.4 Å². The molecule has 2 aromatic carbocycles. The molecule has 0 saturated carbocycles. The molecule has 2 heteroatoms. The fourth-order valence-electron chi connectivity index (χ4n) is 3.13. The average Bonchev–Trinajstić information content (AvgIpc) is 3.10. The number of aromatic nitrogens is 1. The van der Waals surface area contributed by atoms with Crippen LogP contribution in [0.3, 0.4) is 0 Å². The molecule has 0 N–H and O–H groups in total. The Morgan fingerprint density at radius 2 is 1.73 bits per heavy atom. The molecule has 0 bridgehead atoms. The molecule has 0 saturated heterocycles. The predicted molar refractivity (Wildman–Crippen MR) is 110 cm³/mol. The molecular formula is C24H25NO. The van der Waals surface area contributed by atoms with Crippen LogP contribution in [-0.4, -0.2) is 4.98 Å². The maximum Gasteiger partial charge on any atom is 0.144 e. The van der Waals surface area contributed by atoms with Crippen molar-refractivity contribution in [1.29, 1.82) is 0 Å². The first kappa shape index (κ1) is 9.91. The van der Waals surface area contributed by atoms with Crippen molar-refractivity contribution >= 4 is 21.9 Å². The van der Waals surface area contributed by atoms with Crippen LogP contribution in [0.4, 0.5) is 0 Å². The Labute approximate surface area is 166 Å². The first-order chi connectivity index (χ1) is 15.5. The number of benzene rings is 2. The van der Waals surface area contributed by atoms with E-state index in [2.05, 4.69) is 4.98 Å². The second-order valence-corrected chi connectivity index (χ2v) is 7.46. The number of rotatable bonds is 2. The number of furan rings is 1. The lowest BCUT2D eigenvalue weighted by atomic mass is 9.86. The van der Waals surface area contributed by atoms with Crippen LogP contribution >= 0.6 is 0 Å². The SMILES string of the molecule is [2H]C([2H])([2H])c1cnc(-c2cccc3c2oc2c(C([2H])([2H])[2H])cccc23)cc1C([2H])([2H])C(C)(C)C. The molecule has 26 heavy (non-hydrogen) atoms. The van der Waals surface area contributed by atoms with E-state index in [0.717, 1.165) is 0 Å². The predicted octanol–water partition coefficient (Wildman–Crippen LogP) is 6.85. The quantitative estimate of drug-likeness (QED) is 0.394. The molecule has 0 aliphatic carbocycles. The third-order valence-corrected chi connectivity index (χ3v) is 4.21. The molecule has 2 heterocycles. The minimum atomic E-state index is -2.54. The van der Waals surface area contributed by atoms with Gasteiger partial charge in [-0.25, -0.2) is 0 Å². The van der Waals surface area contributed by atoms with Gasteiger partial charge in [0.05, 0.1) is 5.69 Å². The summed E-state index contributed by atoms with van der Waals surface area (Å²) in [5, 5.41) is 1.34. The van der Waals surface area contributed by atoms with Gasteiger partial charge in [0.15, 0.2) is 0 Å². The average molecular weight is 352 g/mol. The van der Waals surface area contributed by atoms with E-state index in [-0.39, 0.29) is 22.3 Å². The van der Waals surface area contributed by atoms with E-state index < -0.39 is 25.5 Å². The van der Waals surface area contributed by atoms with Crippen LogP contribution in [0.15, 0.2) is 53.1 Å². The lowest BCUT2D eigenvalue weighted by Crippen LogP contribution is -2.10. The van der Waals surface area contributed by atoms with E-state index in [0.29, 0.717) is 27.6 Å². The van der Waals surface area contributed by atoms with E-state index in [1.807, 2.05) is 6.07 Å². The first-order valence-electron chi connectivity index (χ1n) is 12.5. The van der Waals surface area contributed by atoms with Gasteiger partial charge in [0, 0.05) is 33.5 Å². The molecule has 2 nitrogen and oxygen atoms in total. The highest BCUT2D eigenvalue weighted by molar-refractivity contribution is 6.09. The van der Waals surface area contributed by atoms with Crippen molar-refractivity contribution in [3.05, 3.63) is 65.4 Å². The summed E-state index contributed by atoms with van der Waals surface area (Å²) in [5.41, 5.74) is 0.650. The van der Waals surface area contributed by atoms with Crippen LogP contribution in [-0.2, 0) is 6.37 Å². The number of aryl methyl sites for hydroxylation is 2. The molecular weight excluding hydrogens is 318 g/mol. The molecule has 0 aliphatic heterocycles. The first-order valence-corrected chi connectivity index (χ1v) is 8.49. The molecule has 0 unspecified atom stereocenters. The maximum absolute atomic E-state index is 8.75. The highest BCUT2D eigenvalue weighted by Crippen LogP contribution is 2.37. The van der Waals surface area contributed by atoms with Crippen molar-refractivity contribution in [2.24, 2.45) is 5.41 Å². The summed E-state index contributed by atoms with van der Waals surface area (Å²) in [7, 11) is 0. The third-order valence-electron chi connectivity index (χ3n) is 4.21. The van der Waals surface area contributed by atoms with Gasteiger partial charge >= 0.3 is 0 Å². The van der Waals surface area contributed by atoms with Crippen molar-refractivity contribution in [2.75, 3.05) is 0 Å². The van der Waals surface area contributed by atoms with Gasteiger partial charge in [0.2, 0.25) is 0 Å². The summed E-state index contributed by atoms with van der Waals surface area (Å²) >= 11 is 0. The lowest BCUT2D eigenvalue weighted by Gasteiger charge is -2.20. The number of fused-ring (bicyclic) bond motifs is 3. The van der Waals surface area contributed by atoms with Gasteiger partial charge in [-0.2, -0.15) is 0 Å². The lowest BCUT2D eigenvalue weighted by molar-refractivity contribution is 0.410. The summed E-state index contributed by atoms with van der Waals surface area (Å²) in [6.45, 7) is 0.245. The molecule has 0 radical (unpaired) electrons. The topological polar surface area (TPSA) is 26.0 Å². The zero-order valence-corrected chi connectivity index (χ0v) is 15.0. The third kappa shape index (κ3) is 2.90. The van der Waals surface area contributed by atoms with Crippen molar-refractivity contribution in [3.63, 3.8) is 0 Å². The Morgan fingerprint density at radius 3 is 2.46 bits per heavy atom. The van der Waals surface area contributed by atoms with Gasteiger partial charge in [-0.15, -0.1) is 0 Å². The van der Waals surface area contributed by atoms with Gasteiger partial charge in [-0.05, 0) is 54.3 Å². The monoisotopic (exact) mass is 351 g/mol. The zero-order valence-electron chi connectivity index (χ0n) is 23.0. The highest BCUT2D eigenvalue weighted by Gasteiger charge is 2.17. The molecule has 0 aliphatic rings. The normalized spacial score (nSPS) is 18.3. The maximum atomic E-state index is 8.75. The number of para-hydroxylation sites is 2. The van der Waals surface area contributed by atoms with E-state index in [4.69, 9.17) is 15.4 Å². The van der Waals surface area contributed by atoms with E-state index in [1.165, 1.54) is 18.3 Å². The van der Waals surface area contributed by atoms with Crippen LogP contribution in [0, 0.1) is 19.1 Å². The molecule has 0 amide bonds. The second-order valence-electron chi connectivity index (χ2n) is 7.46. The number of hydrogen-bond acceptors (Lipinski definition) is 2. The number of pyridine rings is 1. The van der Waals surface area contributed by atoms with Crippen molar-refractivity contribution in [3.8, 4) is 11.3 Å². The summed E-state index contributed by atoms with van der Waals surface area (Å²) in [5.74, 6) is 0. The van der Waals surface area contributed by atoms with Gasteiger partial charge in [0.1, 0.15) is 11.2 Å². The summed E-state index contributed by atoms with van der Waals surface area (Å²) in [4.78, 5) is 4.37. The van der Waals surface area contributed by atoms with Crippen molar-refractivity contribution in [2.45, 2.75) is 40.8 Å². The Balaban J connectivity index is 2.03. The van der Waals surface area contributed by atoms with Gasteiger partial charge in [-0.3, -0.25) is 4.98 Å². The van der Waals surface area contributed by atoms with Crippen LogP contribution in [0.25, 0.3) is 33.2 Å². The number of nitrogens with zero attached hydrogens (tertiary/aromatic N) is 1. The Hall–Kier alpha value is -2.61. The molecule has 132 valence electrons. The minimum Gasteiger partial charge on any atom is -0.455 e. The van der Waals surface area contributed by atoms with Crippen molar-refractivity contribution in [1.82, 2.24) is 4.98 Å². The number of hydrogen-bond donors (Lipinski definition) is 0. The van der Waals surface area contributed by atoms with Crippen LogP contribution < -0.4 is 0 Å². The Morgan fingerprint density at radius 1 is 1.00 bits per heavy atom. The van der Waals surface area contributed by atoms with E-state index >= 15 is 0 Å². The molecule has 0 fully saturated rings. The molecule has 0 spiro atoms. The van der Waals surface area contributed by atoms with Gasteiger partial charge < -0.3 is 4.42 Å². The summed E-state index contributed by atoms with van der Waals surface area (Å²) in [6, 6.07) is 11.8.